The molecular formula is C11H23N7. The molecule has 0 aliphatic rings. The zero-order chi connectivity index (χ0) is 13.9. The Morgan fingerprint density at radius 3 is 2.11 bits per heavy atom. The van der Waals surface area contributed by atoms with E-state index in [1.54, 1.807) is 0 Å². The minimum absolute atomic E-state index is 0.0309. The molecule has 1 aromatic rings. The van der Waals surface area contributed by atoms with E-state index in [1.807, 2.05) is 30.9 Å². The lowest BCUT2D eigenvalue weighted by Gasteiger charge is -2.35. The molecule has 0 aromatic carbocycles. The normalized spacial score (nSPS) is 11.3. The Morgan fingerprint density at radius 1 is 1.11 bits per heavy atom. The van der Waals surface area contributed by atoms with E-state index in [0.717, 1.165) is 6.42 Å². The summed E-state index contributed by atoms with van der Waals surface area (Å²) in [5.74, 6) is 6.93. The molecule has 0 bridgehead atoms. The van der Waals surface area contributed by atoms with E-state index in [1.165, 1.54) is 0 Å². The smallest absolute Gasteiger partial charge is 0.243 e. The van der Waals surface area contributed by atoms with Crippen molar-refractivity contribution in [1.29, 1.82) is 0 Å². The summed E-state index contributed by atoms with van der Waals surface area (Å²) in [6.07, 6.45) is 0.984. The fourth-order valence-electron chi connectivity index (χ4n) is 1.28. The van der Waals surface area contributed by atoms with Gasteiger partial charge < -0.3 is 9.80 Å². The van der Waals surface area contributed by atoms with Crippen LogP contribution in [0.4, 0.5) is 17.8 Å². The first-order chi connectivity index (χ1) is 8.31. The van der Waals surface area contributed by atoms with Gasteiger partial charge in [-0.05, 0) is 20.3 Å². The van der Waals surface area contributed by atoms with E-state index in [-0.39, 0.29) is 5.54 Å². The number of nitrogens with one attached hydrogen (secondary N) is 1. The van der Waals surface area contributed by atoms with Crippen LogP contribution in [-0.4, -0.2) is 41.6 Å². The lowest BCUT2D eigenvalue weighted by molar-refractivity contribution is 0.463. The maximum Gasteiger partial charge on any atom is 0.243 e. The fraction of sp³-hybridized carbons (Fsp3) is 0.727. The van der Waals surface area contributed by atoms with Crippen molar-refractivity contribution < 1.29 is 0 Å². The SMILES string of the molecule is CCC(C)(C)N(C)c1nc(NN)nc(N(C)C)n1. The Hall–Kier alpha value is -1.63. The molecule has 7 nitrogen and oxygen atoms in total. The van der Waals surface area contributed by atoms with Crippen LogP contribution >= 0.6 is 0 Å². The maximum atomic E-state index is 5.39. The second-order valence-corrected chi connectivity index (χ2v) is 5.02. The molecule has 3 N–H and O–H groups in total. The summed E-state index contributed by atoms with van der Waals surface area (Å²) < 4.78 is 0. The lowest BCUT2D eigenvalue weighted by atomic mass is 10.0. The number of rotatable bonds is 5. The minimum atomic E-state index is -0.0309. The summed E-state index contributed by atoms with van der Waals surface area (Å²) in [5.41, 5.74) is 2.44. The van der Waals surface area contributed by atoms with Crippen molar-refractivity contribution in [3.8, 4) is 0 Å². The second kappa shape index (κ2) is 5.34. The molecule has 0 atom stereocenters. The van der Waals surface area contributed by atoms with Gasteiger partial charge >= 0.3 is 0 Å². The zero-order valence-electron chi connectivity index (χ0n) is 12.0. The molecule has 0 spiro atoms. The van der Waals surface area contributed by atoms with Gasteiger partial charge in [0.15, 0.2) is 0 Å². The highest BCUT2D eigenvalue weighted by Gasteiger charge is 2.24. The van der Waals surface area contributed by atoms with Crippen molar-refractivity contribution in [3.05, 3.63) is 0 Å². The molecule has 0 unspecified atom stereocenters. The monoisotopic (exact) mass is 253 g/mol. The Balaban J connectivity index is 3.19. The van der Waals surface area contributed by atoms with Gasteiger partial charge in [0, 0.05) is 26.7 Å². The third kappa shape index (κ3) is 2.98. The number of hydrazine groups is 1. The van der Waals surface area contributed by atoms with Crippen molar-refractivity contribution in [1.82, 2.24) is 15.0 Å². The highest BCUT2D eigenvalue weighted by molar-refractivity contribution is 5.45. The Morgan fingerprint density at radius 2 is 1.67 bits per heavy atom. The van der Waals surface area contributed by atoms with Crippen molar-refractivity contribution >= 4 is 17.8 Å². The molecule has 1 rings (SSSR count). The van der Waals surface area contributed by atoms with Gasteiger partial charge in [-0.1, -0.05) is 6.92 Å². The van der Waals surface area contributed by atoms with Gasteiger partial charge in [0.1, 0.15) is 0 Å². The molecule has 18 heavy (non-hydrogen) atoms. The zero-order valence-corrected chi connectivity index (χ0v) is 12.0. The van der Waals surface area contributed by atoms with E-state index in [0.29, 0.717) is 17.8 Å². The van der Waals surface area contributed by atoms with Gasteiger partial charge in [0.2, 0.25) is 17.8 Å². The van der Waals surface area contributed by atoms with E-state index in [9.17, 15) is 0 Å². The number of hydrogen-bond acceptors (Lipinski definition) is 7. The standard InChI is InChI=1S/C11H23N7/c1-7-11(2,3)18(6)10-14-8(16-12)13-9(15-10)17(4)5/h7,12H2,1-6H3,(H,13,14,15,16). The third-order valence-electron chi connectivity index (χ3n) is 3.21. The summed E-state index contributed by atoms with van der Waals surface area (Å²) >= 11 is 0. The Labute approximate surface area is 108 Å². The average molecular weight is 253 g/mol. The summed E-state index contributed by atoms with van der Waals surface area (Å²) in [7, 11) is 5.73. The molecule has 0 amide bonds. The average Bonchev–Trinajstić information content (AvgIpc) is 2.36. The molecule has 0 saturated carbocycles. The van der Waals surface area contributed by atoms with E-state index < -0.39 is 0 Å². The van der Waals surface area contributed by atoms with Crippen LogP contribution in [0.5, 0.6) is 0 Å². The molecular weight excluding hydrogens is 230 g/mol. The largest absolute Gasteiger partial charge is 0.347 e. The van der Waals surface area contributed by atoms with Gasteiger partial charge in [-0.15, -0.1) is 0 Å². The first kappa shape index (κ1) is 14.4. The number of nitrogens with two attached hydrogens (primary N) is 1. The molecule has 7 heteroatoms. The van der Waals surface area contributed by atoms with Crippen LogP contribution in [0.25, 0.3) is 0 Å². The Bertz CT molecular complexity index is 402. The summed E-state index contributed by atoms with van der Waals surface area (Å²) in [5, 5.41) is 0. The predicted molar refractivity (Wildman–Crippen MR) is 74.7 cm³/mol. The molecule has 0 radical (unpaired) electrons. The topological polar surface area (TPSA) is 83.2 Å². The van der Waals surface area contributed by atoms with E-state index in [4.69, 9.17) is 5.84 Å². The molecule has 102 valence electrons. The van der Waals surface area contributed by atoms with Crippen LogP contribution in [0.2, 0.25) is 0 Å². The van der Waals surface area contributed by atoms with Crippen molar-refractivity contribution in [2.24, 2.45) is 5.84 Å². The minimum Gasteiger partial charge on any atom is -0.347 e. The third-order valence-corrected chi connectivity index (χ3v) is 3.21. The van der Waals surface area contributed by atoms with E-state index >= 15 is 0 Å². The quantitative estimate of drug-likeness (QED) is 0.594. The summed E-state index contributed by atoms with van der Waals surface area (Å²) in [6.45, 7) is 6.41. The summed E-state index contributed by atoms with van der Waals surface area (Å²) in [4.78, 5) is 16.7. The summed E-state index contributed by atoms with van der Waals surface area (Å²) in [6, 6.07) is 0. The molecule has 1 heterocycles. The van der Waals surface area contributed by atoms with Gasteiger partial charge in [0.05, 0.1) is 0 Å². The number of hydrogen-bond donors (Lipinski definition) is 2. The van der Waals surface area contributed by atoms with Crippen LogP contribution in [0.3, 0.4) is 0 Å². The number of nitrogen functional groups attached to an aromatic ring is 1. The van der Waals surface area contributed by atoms with Crippen LogP contribution < -0.4 is 21.1 Å². The van der Waals surface area contributed by atoms with Gasteiger partial charge in [0.25, 0.3) is 0 Å². The maximum absolute atomic E-state index is 5.39. The van der Waals surface area contributed by atoms with Gasteiger partial charge in [-0.25, -0.2) is 5.84 Å². The van der Waals surface area contributed by atoms with Crippen molar-refractivity contribution in [3.63, 3.8) is 0 Å². The lowest BCUT2D eigenvalue weighted by Crippen LogP contribution is -2.42. The van der Waals surface area contributed by atoms with Crippen LogP contribution in [0.1, 0.15) is 27.2 Å². The molecule has 0 aliphatic heterocycles. The number of aromatic nitrogens is 3. The van der Waals surface area contributed by atoms with Gasteiger partial charge in [-0.3, -0.25) is 5.43 Å². The number of nitrogens with zero attached hydrogens (tertiary/aromatic N) is 5. The second-order valence-electron chi connectivity index (χ2n) is 5.02. The highest BCUT2D eigenvalue weighted by atomic mass is 15.4. The first-order valence-corrected chi connectivity index (χ1v) is 5.95. The molecule has 0 aliphatic carbocycles. The van der Waals surface area contributed by atoms with Crippen LogP contribution in [-0.2, 0) is 0 Å². The van der Waals surface area contributed by atoms with Crippen LogP contribution in [0, 0.1) is 0 Å². The number of anilines is 3. The predicted octanol–water partition coefficient (Wildman–Crippen LogP) is 0.848. The first-order valence-electron chi connectivity index (χ1n) is 5.95. The van der Waals surface area contributed by atoms with Crippen molar-refractivity contribution in [2.75, 3.05) is 36.4 Å². The fourth-order valence-corrected chi connectivity index (χ4v) is 1.28. The highest BCUT2D eigenvalue weighted by Crippen LogP contribution is 2.23. The molecule has 0 fully saturated rings. The Kier molecular flexibility index (Phi) is 4.28. The van der Waals surface area contributed by atoms with Crippen LogP contribution in [0.15, 0.2) is 0 Å². The van der Waals surface area contributed by atoms with Gasteiger partial charge in [-0.2, -0.15) is 15.0 Å². The van der Waals surface area contributed by atoms with Crippen molar-refractivity contribution in [2.45, 2.75) is 32.7 Å². The van der Waals surface area contributed by atoms with E-state index in [2.05, 4.69) is 41.1 Å². The molecule has 1 aromatic heterocycles. The molecule has 0 saturated heterocycles.